The van der Waals surface area contributed by atoms with Gasteiger partial charge in [0.2, 0.25) is 5.79 Å². The van der Waals surface area contributed by atoms with Crippen molar-refractivity contribution in [1.82, 2.24) is 0 Å². The second kappa shape index (κ2) is 7.33. The fourth-order valence-electron chi connectivity index (χ4n) is 5.41. The molecule has 0 aromatic rings. The molecule has 6 unspecified atom stereocenters. The molecule has 3 rings (SSSR count). The van der Waals surface area contributed by atoms with Crippen molar-refractivity contribution in [1.29, 1.82) is 0 Å². The summed E-state index contributed by atoms with van der Waals surface area (Å²) >= 11 is 0. The second-order valence-electron chi connectivity index (χ2n) is 8.85. The van der Waals surface area contributed by atoms with Gasteiger partial charge in [-0.3, -0.25) is 0 Å². The molecule has 1 saturated heterocycles. The molecule has 3 fully saturated rings. The van der Waals surface area contributed by atoms with Crippen LogP contribution in [0.2, 0.25) is 0 Å². The lowest BCUT2D eigenvalue weighted by Crippen LogP contribution is -2.53. The Bertz CT molecular complexity index is 628. The molecule has 0 aromatic carbocycles. The number of hydrogen-bond donors (Lipinski definition) is 1. The molecule has 0 aromatic heterocycles. The second-order valence-corrected chi connectivity index (χ2v) is 8.85. The van der Waals surface area contributed by atoms with Gasteiger partial charge in [0, 0.05) is 5.57 Å². The van der Waals surface area contributed by atoms with Gasteiger partial charge in [-0.15, -0.1) is 0 Å². The van der Waals surface area contributed by atoms with Gasteiger partial charge in [-0.05, 0) is 63.7 Å². The summed E-state index contributed by atoms with van der Waals surface area (Å²) in [4.78, 5) is 11.9. The normalized spacial score (nSPS) is 39.3. The van der Waals surface area contributed by atoms with E-state index in [-0.39, 0.29) is 36.4 Å². The number of halogens is 2. The molecular weight excluding hydrogens is 370 g/mol. The molecule has 1 heterocycles. The Morgan fingerprint density at radius 2 is 1.89 bits per heavy atom. The van der Waals surface area contributed by atoms with Crippen LogP contribution in [0.25, 0.3) is 0 Å². The van der Waals surface area contributed by atoms with Crippen LogP contribution in [0, 0.1) is 17.8 Å². The van der Waals surface area contributed by atoms with E-state index in [9.17, 15) is 18.7 Å². The lowest BCUT2D eigenvalue weighted by molar-refractivity contribution is -0.283. The molecule has 1 aliphatic heterocycles. The van der Waals surface area contributed by atoms with Gasteiger partial charge in [-0.2, -0.15) is 8.78 Å². The predicted molar refractivity (Wildman–Crippen MR) is 98.7 cm³/mol. The summed E-state index contributed by atoms with van der Waals surface area (Å²) < 4.78 is 45.7. The van der Waals surface area contributed by atoms with E-state index in [1.807, 2.05) is 13.8 Å². The van der Waals surface area contributed by atoms with Crippen molar-refractivity contribution in [2.24, 2.45) is 17.8 Å². The first kappa shape index (κ1) is 21.7. The SMILES string of the molecule is C=C(C)C(=O)OC1CC2CC1CC2C(CC)(CC)OC1COC(C)(O)C1(F)F. The third-order valence-electron chi connectivity index (χ3n) is 7.19. The molecule has 2 aliphatic carbocycles. The number of aliphatic hydroxyl groups is 1. The van der Waals surface area contributed by atoms with Crippen LogP contribution in [-0.4, -0.2) is 47.2 Å². The minimum atomic E-state index is -3.47. The number of carbonyl (C=O) groups excluding carboxylic acids is 1. The van der Waals surface area contributed by atoms with E-state index in [0.717, 1.165) is 26.2 Å². The fourth-order valence-corrected chi connectivity index (χ4v) is 5.41. The maximum Gasteiger partial charge on any atom is 0.333 e. The number of esters is 1. The van der Waals surface area contributed by atoms with Gasteiger partial charge < -0.3 is 19.3 Å². The molecule has 28 heavy (non-hydrogen) atoms. The highest BCUT2D eigenvalue weighted by molar-refractivity contribution is 5.87. The Morgan fingerprint density at radius 3 is 2.32 bits per heavy atom. The van der Waals surface area contributed by atoms with Crippen LogP contribution >= 0.6 is 0 Å². The van der Waals surface area contributed by atoms with Crippen molar-refractivity contribution in [3.05, 3.63) is 12.2 Å². The quantitative estimate of drug-likeness (QED) is 0.518. The highest BCUT2D eigenvalue weighted by Crippen LogP contribution is 2.57. The zero-order valence-corrected chi connectivity index (χ0v) is 17.2. The van der Waals surface area contributed by atoms with Gasteiger partial charge in [-0.1, -0.05) is 20.4 Å². The number of alkyl halides is 2. The van der Waals surface area contributed by atoms with Crippen molar-refractivity contribution in [3.8, 4) is 0 Å². The van der Waals surface area contributed by atoms with Crippen LogP contribution in [0.1, 0.15) is 59.8 Å². The number of fused-ring (bicyclic) bond motifs is 2. The topological polar surface area (TPSA) is 65.0 Å². The molecule has 0 amide bonds. The molecule has 3 aliphatic rings. The molecule has 2 saturated carbocycles. The van der Waals surface area contributed by atoms with E-state index < -0.39 is 23.4 Å². The molecule has 0 spiro atoms. The Morgan fingerprint density at radius 1 is 1.25 bits per heavy atom. The third kappa shape index (κ3) is 3.39. The number of carbonyl (C=O) groups is 1. The van der Waals surface area contributed by atoms with Crippen molar-refractivity contribution in [3.63, 3.8) is 0 Å². The van der Waals surface area contributed by atoms with Crippen LogP contribution in [0.3, 0.4) is 0 Å². The summed E-state index contributed by atoms with van der Waals surface area (Å²) in [7, 11) is 0. The standard InChI is InChI=1S/C21H32F2O5/c1-6-20(7-2,28-17-11-26-19(5,25)21(17,22)23)15-9-14-8-13(15)10-16(14)27-18(24)12(3)4/h13-17,25H,3,6-11H2,1-2,4-5H3. The van der Waals surface area contributed by atoms with Crippen LogP contribution < -0.4 is 0 Å². The van der Waals surface area contributed by atoms with Gasteiger partial charge in [0.25, 0.3) is 0 Å². The van der Waals surface area contributed by atoms with Gasteiger partial charge in [0.1, 0.15) is 6.10 Å². The third-order valence-corrected chi connectivity index (χ3v) is 7.19. The average molecular weight is 402 g/mol. The largest absolute Gasteiger partial charge is 0.459 e. The first-order valence-corrected chi connectivity index (χ1v) is 10.3. The van der Waals surface area contributed by atoms with E-state index in [0.29, 0.717) is 18.4 Å². The summed E-state index contributed by atoms with van der Waals surface area (Å²) in [5, 5.41) is 9.86. The summed E-state index contributed by atoms with van der Waals surface area (Å²) in [6.07, 6.45) is 2.03. The molecule has 0 radical (unpaired) electrons. The Kier molecular flexibility index (Phi) is 5.67. The van der Waals surface area contributed by atoms with Gasteiger partial charge in [0.05, 0.1) is 12.2 Å². The summed E-state index contributed by atoms with van der Waals surface area (Å²) in [6.45, 7) is 9.82. The molecule has 5 nitrogen and oxygen atoms in total. The van der Waals surface area contributed by atoms with E-state index >= 15 is 0 Å². The van der Waals surface area contributed by atoms with Crippen LogP contribution in [0.5, 0.6) is 0 Å². The number of hydrogen-bond acceptors (Lipinski definition) is 5. The lowest BCUT2D eigenvalue weighted by Gasteiger charge is -2.45. The Labute approximate surface area is 165 Å². The van der Waals surface area contributed by atoms with Crippen molar-refractivity contribution < 1.29 is 32.9 Å². The van der Waals surface area contributed by atoms with E-state index in [1.165, 1.54) is 0 Å². The minimum Gasteiger partial charge on any atom is -0.459 e. The molecule has 1 N–H and O–H groups in total. The molecule has 2 bridgehead atoms. The highest BCUT2D eigenvalue weighted by Gasteiger charge is 2.65. The zero-order chi connectivity index (χ0) is 20.9. The maximum atomic E-state index is 14.6. The highest BCUT2D eigenvalue weighted by atomic mass is 19.3. The smallest absolute Gasteiger partial charge is 0.333 e. The summed E-state index contributed by atoms with van der Waals surface area (Å²) in [5.74, 6) is -5.74. The van der Waals surface area contributed by atoms with E-state index in [4.69, 9.17) is 14.2 Å². The zero-order valence-electron chi connectivity index (χ0n) is 17.2. The van der Waals surface area contributed by atoms with Crippen LogP contribution in [0.4, 0.5) is 8.78 Å². The van der Waals surface area contributed by atoms with Crippen molar-refractivity contribution in [2.75, 3.05) is 6.61 Å². The molecular formula is C21H32F2O5. The van der Waals surface area contributed by atoms with Gasteiger partial charge in [-0.25, -0.2) is 4.79 Å². The van der Waals surface area contributed by atoms with Crippen LogP contribution in [0.15, 0.2) is 12.2 Å². The molecule has 160 valence electrons. The van der Waals surface area contributed by atoms with Crippen LogP contribution in [-0.2, 0) is 19.0 Å². The monoisotopic (exact) mass is 402 g/mol. The summed E-state index contributed by atoms with van der Waals surface area (Å²) in [5.41, 5.74) is -0.324. The Balaban J connectivity index is 1.72. The van der Waals surface area contributed by atoms with Crippen molar-refractivity contribution >= 4 is 5.97 Å². The fraction of sp³-hybridized carbons (Fsp3) is 0.857. The predicted octanol–water partition coefficient (Wildman–Crippen LogP) is 3.84. The minimum absolute atomic E-state index is 0.119. The van der Waals surface area contributed by atoms with E-state index in [1.54, 1.807) is 6.92 Å². The Hall–Kier alpha value is -1.05. The van der Waals surface area contributed by atoms with Gasteiger partial charge in [0.15, 0.2) is 6.10 Å². The van der Waals surface area contributed by atoms with Crippen molar-refractivity contribution in [2.45, 2.75) is 89.3 Å². The average Bonchev–Trinajstić information content (AvgIpc) is 3.27. The maximum absolute atomic E-state index is 14.6. The first-order chi connectivity index (χ1) is 13.0. The summed E-state index contributed by atoms with van der Waals surface area (Å²) in [6, 6.07) is 0. The van der Waals surface area contributed by atoms with Gasteiger partial charge >= 0.3 is 11.9 Å². The lowest BCUT2D eigenvalue weighted by atomic mass is 9.72. The first-order valence-electron chi connectivity index (χ1n) is 10.3. The van der Waals surface area contributed by atoms with E-state index in [2.05, 4.69) is 6.58 Å². The number of rotatable bonds is 7. The molecule has 7 heteroatoms. The molecule has 6 atom stereocenters. The number of ether oxygens (including phenoxy) is 3.